The number of benzene rings is 2. The molecule has 7 nitrogen and oxygen atoms in total. The smallest absolute Gasteiger partial charge is 0.257 e. The number of aliphatic hydroxyl groups is 1. The molecular formula is C28H36N4O3S. The number of para-hydroxylation sites is 1. The molecule has 2 aromatic rings. The topological polar surface area (TPSA) is 77.1 Å². The number of rotatable bonds is 7. The summed E-state index contributed by atoms with van der Waals surface area (Å²) in [6.07, 6.45) is 8.71. The van der Waals surface area contributed by atoms with E-state index in [2.05, 4.69) is 32.0 Å². The molecule has 1 unspecified atom stereocenters. The van der Waals surface area contributed by atoms with Crippen molar-refractivity contribution in [3.8, 4) is 5.75 Å². The fourth-order valence-corrected chi connectivity index (χ4v) is 6.48. The number of carbonyl (C=O) groups is 1. The summed E-state index contributed by atoms with van der Waals surface area (Å²) in [7, 11) is 0. The number of piperidine rings is 2. The van der Waals surface area contributed by atoms with Crippen LogP contribution in [0, 0.1) is 5.41 Å². The highest BCUT2D eigenvalue weighted by molar-refractivity contribution is 8.00. The highest BCUT2D eigenvalue weighted by Gasteiger charge is 2.44. The minimum absolute atomic E-state index is 0.107. The van der Waals surface area contributed by atoms with E-state index < -0.39 is 0 Å². The first-order chi connectivity index (χ1) is 17.7. The van der Waals surface area contributed by atoms with Gasteiger partial charge in [-0.2, -0.15) is 0 Å². The van der Waals surface area contributed by atoms with E-state index >= 15 is 0 Å². The van der Waals surface area contributed by atoms with Crippen molar-refractivity contribution < 1.29 is 14.6 Å². The molecule has 8 heteroatoms. The summed E-state index contributed by atoms with van der Waals surface area (Å²) in [4.78, 5) is 18.5. The second kappa shape index (κ2) is 10.1. The van der Waals surface area contributed by atoms with Crippen LogP contribution in [0.25, 0.3) is 0 Å². The molecule has 3 aliphatic heterocycles. The lowest BCUT2D eigenvalue weighted by atomic mass is 9.93. The molecule has 6 rings (SSSR count). The Bertz CT molecular complexity index is 1110. The lowest BCUT2D eigenvalue weighted by Gasteiger charge is -2.42. The number of nitrogens with zero attached hydrogens (tertiary/aromatic N) is 2. The van der Waals surface area contributed by atoms with Crippen molar-refractivity contribution in [2.24, 2.45) is 5.41 Å². The molecule has 0 aromatic heterocycles. The third-order valence-electron chi connectivity index (χ3n) is 8.35. The number of ether oxygens (including phenoxy) is 1. The number of nitrogens with one attached hydrogen (secondary N) is 2. The molecule has 1 atom stereocenters. The van der Waals surface area contributed by atoms with Crippen molar-refractivity contribution in [3.63, 3.8) is 0 Å². The molecule has 0 radical (unpaired) electrons. The van der Waals surface area contributed by atoms with E-state index in [1.54, 1.807) is 0 Å². The van der Waals surface area contributed by atoms with E-state index in [1.807, 2.05) is 24.3 Å². The SMILES string of the molecule is O=C(Nc1cccc2c1OCC1CCCCN21)c1ccc(NSCCO)cc1N1CCC2(CC1)CC2. The Labute approximate surface area is 217 Å². The van der Waals surface area contributed by atoms with Crippen LogP contribution < -0.4 is 24.6 Å². The summed E-state index contributed by atoms with van der Waals surface area (Å²) in [5.74, 6) is 1.29. The van der Waals surface area contributed by atoms with Gasteiger partial charge in [0.05, 0.1) is 35.3 Å². The van der Waals surface area contributed by atoms with Gasteiger partial charge in [-0.1, -0.05) is 18.0 Å². The first-order valence-corrected chi connectivity index (χ1v) is 14.4. The molecule has 4 aliphatic rings. The molecule has 1 aliphatic carbocycles. The van der Waals surface area contributed by atoms with E-state index in [0.717, 1.165) is 54.6 Å². The Morgan fingerprint density at radius 2 is 1.94 bits per heavy atom. The van der Waals surface area contributed by atoms with Gasteiger partial charge in [0.2, 0.25) is 0 Å². The molecule has 2 aromatic carbocycles. The molecule has 1 amide bonds. The minimum atomic E-state index is -0.107. The van der Waals surface area contributed by atoms with Gasteiger partial charge >= 0.3 is 0 Å². The normalized spacial score (nSPS) is 21.9. The number of hydrogen-bond donors (Lipinski definition) is 3. The summed E-state index contributed by atoms with van der Waals surface area (Å²) in [6.45, 7) is 3.80. The number of hydrogen-bond acceptors (Lipinski definition) is 7. The van der Waals surface area contributed by atoms with Crippen LogP contribution in [0.2, 0.25) is 0 Å². The van der Waals surface area contributed by atoms with Gasteiger partial charge < -0.3 is 29.7 Å². The quantitative estimate of drug-likeness (QED) is 0.354. The van der Waals surface area contributed by atoms with Gasteiger partial charge in [0, 0.05) is 31.1 Å². The standard InChI is InChI=1S/C28H36N4O3S/c33-16-17-36-30-20-7-8-22(25(18-20)31-14-11-28(9-10-28)12-15-31)27(34)29-23-5-3-6-24-26(23)35-19-21-4-1-2-13-32(21)24/h3,5-8,18,21,30,33H,1-2,4,9-17,19H2,(H,29,34). The number of fused-ring (bicyclic) bond motifs is 3. The lowest BCUT2D eigenvalue weighted by molar-refractivity contribution is 0.102. The summed E-state index contributed by atoms with van der Waals surface area (Å²) in [6, 6.07) is 12.5. The van der Waals surface area contributed by atoms with Crippen molar-refractivity contribution in [1.29, 1.82) is 0 Å². The van der Waals surface area contributed by atoms with Gasteiger partial charge in [-0.05, 0) is 80.7 Å². The summed E-state index contributed by atoms with van der Waals surface area (Å²) in [5.41, 5.74) is 5.00. The monoisotopic (exact) mass is 508 g/mol. The van der Waals surface area contributed by atoms with Crippen LogP contribution in [-0.4, -0.2) is 55.7 Å². The van der Waals surface area contributed by atoms with Gasteiger partial charge in [-0.3, -0.25) is 4.79 Å². The molecule has 3 fully saturated rings. The third-order valence-corrected chi connectivity index (χ3v) is 9.11. The maximum atomic E-state index is 13.7. The lowest BCUT2D eigenvalue weighted by Crippen LogP contribution is -2.46. The van der Waals surface area contributed by atoms with E-state index in [9.17, 15) is 4.79 Å². The molecule has 3 heterocycles. The summed E-state index contributed by atoms with van der Waals surface area (Å²) >= 11 is 1.47. The molecular weight excluding hydrogens is 472 g/mol. The zero-order valence-corrected chi connectivity index (χ0v) is 21.6. The van der Waals surface area contributed by atoms with Crippen LogP contribution in [0.15, 0.2) is 36.4 Å². The Hall–Kier alpha value is -2.58. The van der Waals surface area contributed by atoms with Crippen LogP contribution in [0.4, 0.5) is 22.7 Å². The molecule has 3 N–H and O–H groups in total. The fourth-order valence-electron chi connectivity index (χ4n) is 5.99. The van der Waals surface area contributed by atoms with E-state index in [-0.39, 0.29) is 12.5 Å². The van der Waals surface area contributed by atoms with Crippen molar-refractivity contribution in [2.45, 2.75) is 51.0 Å². The summed E-state index contributed by atoms with van der Waals surface area (Å²) in [5, 5.41) is 12.3. The van der Waals surface area contributed by atoms with E-state index in [4.69, 9.17) is 9.84 Å². The molecule has 1 spiro atoms. The first kappa shape index (κ1) is 23.8. The summed E-state index contributed by atoms with van der Waals surface area (Å²) < 4.78 is 9.52. The van der Waals surface area contributed by atoms with E-state index in [1.165, 1.54) is 50.5 Å². The second-order valence-electron chi connectivity index (χ2n) is 10.7. The largest absolute Gasteiger partial charge is 0.487 e. The molecule has 192 valence electrons. The Morgan fingerprint density at radius 1 is 1.08 bits per heavy atom. The minimum Gasteiger partial charge on any atom is -0.487 e. The average Bonchev–Trinajstić information content (AvgIpc) is 3.67. The maximum Gasteiger partial charge on any atom is 0.257 e. The average molecular weight is 509 g/mol. The van der Waals surface area contributed by atoms with Crippen LogP contribution in [-0.2, 0) is 0 Å². The Kier molecular flexibility index (Phi) is 6.65. The van der Waals surface area contributed by atoms with Gasteiger partial charge in [-0.25, -0.2) is 0 Å². The van der Waals surface area contributed by atoms with Crippen LogP contribution in [0.5, 0.6) is 5.75 Å². The van der Waals surface area contributed by atoms with Crippen molar-refractivity contribution >= 4 is 40.6 Å². The molecule has 1 saturated carbocycles. The zero-order valence-electron chi connectivity index (χ0n) is 20.8. The van der Waals surface area contributed by atoms with Crippen LogP contribution >= 0.6 is 11.9 Å². The van der Waals surface area contributed by atoms with Gasteiger partial charge in [-0.15, -0.1) is 0 Å². The zero-order chi connectivity index (χ0) is 24.5. The Balaban J connectivity index is 1.25. The predicted octanol–water partition coefficient (Wildman–Crippen LogP) is 5.12. The molecule has 36 heavy (non-hydrogen) atoms. The Morgan fingerprint density at radius 3 is 2.75 bits per heavy atom. The molecule has 2 saturated heterocycles. The number of carbonyl (C=O) groups excluding carboxylic acids is 1. The highest BCUT2D eigenvalue weighted by Crippen LogP contribution is 2.54. The van der Waals surface area contributed by atoms with Gasteiger partial charge in [0.15, 0.2) is 5.75 Å². The highest BCUT2D eigenvalue weighted by atomic mass is 32.2. The third kappa shape index (κ3) is 4.73. The van der Waals surface area contributed by atoms with Crippen LogP contribution in [0.1, 0.15) is 55.3 Å². The maximum absolute atomic E-state index is 13.7. The van der Waals surface area contributed by atoms with Gasteiger partial charge in [0.25, 0.3) is 5.91 Å². The fraction of sp³-hybridized carbons (Fsp3) is 0.536. The number of aliphatic hydroxyl groups excluding tert-OH is 1. The number of amides is 1. The number of anilines is 4. The van der Waals surface area contributed by atoms with Crippen molar-refractivity contribution in [2.75, 3.05) is 58.4 Å². The van der Waals surface area contributed by atoms with Crippen LogP contribution in [0.3, 0.4) is 0 Å². The second-order valence-corrected chi connectivity index (χ2v) is 11.6. The van der Waals surface area contributed by atoms with Crippen molar-refractivity contribution in [3.05, 3.63) is 42.0 Å². The predicted molar refractivity (Wildman–Crippen MR) is 148 cm³/mol. The molecule has 0 bridgehead atoms. The van der Waals surface area contributed by atoms with E-state index in [0.29, 0.717) is 29.4 Å². The van der Waals surface area contributed by atoms with Gasteiger partial charge in [0.1, 0.15) is 6.61 Å². The van der Waals surface area contributed by atoms with Crippen molar-refractivity contribution in [1.82, 2.24) is 0 Å². The first-order valence-electron chi connectivity index (χ1n) is 13.4.